The van der Waals surface area contributed by atoms with Crippen LogP contribution in [0.5, 0.6) is 0 Å². The van der Waals surface area contributed by atoms with Gasteiger partial charge in [0, 0.05) is 60.9 Å². The number of carbonyl (C=O) groups is 5. The molecular weight excluding hydrogens is 582 g/mol. The summed E-state index contributed by atoms with van der Waals surface area (Å²) in [5, 5.41) is 0. The molecule has 0 bridgehead atoms. The number of ketones is 3. The predicted octanol–water partition coefficient (Wildman–Crippen LogP) is 7.41. The highest BCUT2D eigenvalue weighted by Gasteiger charge is 2.64. The summed E-state index contributed by atoms with van der Waals surface area (Å²) in [6.45, 7) is 19.9. The fourth-order valence-electron chi connectivity index (χ4n) is 10.8. The molecule has 46 heavy (non-hydrogen) atoms. The Kier molecular flexibility index (Phi) is 8.76. The third-order valence-corrected chi connectivity index (χ3v) is 12.7. The number of carbonyl (C=O) groups excluding carboxylic acids is 5. The molecule has 0 aromatic rings. The maximum Gasteiger partial charge on any atom is 0.411 e. The first-order chi connectivity index (χ1) is 21.1. The van der Waals surface area contributed by atoms with Crippen LogP contribution in [0.15, 0.2) is 11.6 Å². The van der Waals surface area contributed by atoms with E-state index in [4.69, 9.17) is 9.47 Å². The van der Waals surface area contributed by atoms with E-state index in [9.17, 15) is 24.0 Å². The molecule has 5 rings (SSSR count). The zero-order chi connectivity index (χ0) is 34.2. The molecule has 1 heterocycles. The SMILES string of the molecule is C[C@H](CCC(=O)OC1CC(C)(C)N(C(=O)OC(C)(C)C)C(C)(C)C1)C1CC[C@H]2[C@@H]3C(=O)C=C4CC(=O)CC[C@]4(C)[C@H]3CC(=O)[C@]12C. The Balaban J connectivity index is 1.22. The predicted molar refractivity (Wildman–Crippen MR) is 175 cm³/mol. The van der Waals surface area contributed by atoms with Gasteiger partial charge in [-0.05, 0) is 109 Å². The summed E-state index contributed by atoms with van der Waals surface area (Å²) >= 11 is 0. The monoisotopic (exact) mass is 639 g/mol. The first kappa shape index (κ1) is 34.8. The van der Waals surface area contributed by atoms with Crippen LogP contribution in [0.3, 0.4) is 0 Å². The second-order valence-electron chi connectivity index (χ2n) is 18.0. The minimum Gasteiger partial charge on any atom is -0.462 e. The van der Waals surface area contributed by atoms with Crippen LogP contribution in [-0.2, 0) is 28.7 Å². The molecule has 0 aromatic carbocycles. The summed E-state index contributed by atoms with van der Waals surface area (Å²) in [6.07, 6.45) is 6.71. The number of Topliss-reactive ketones (excluding diaryl/α,β-unsaturated/α-hetero) is 2. The van der Waals surface area contributed by atoms with Crippen LogP contribution >= 0.6 is 0 Å². The number of nitrogens with zero attached hydrogens (tertiary/aromatic N) is 1. The van der Waals surface area contributed by atoms with E-state index in [-0.39, 0.29) is 76.9 Å². The van der Waals surface area contributed by atoms with Crippen molar-refractivity contribution in [2.45, 2.75) is 156 Å². The lowest BCUT2D eigenvalue weighted by molar-refractivity contribution is -0.159. The number of esters is 1. The van der Waals surface area contributed by atoms with Gasteiger partial charge in [0.1, 0.15) is 23.3 Å². The minimum atomic E-state index is -0.606. The fraction of sp³-hybridized carbons (Fsp3) is 0.816. The summed E-state index contributed by atoms with van der Waals surface area (Å²) in [4.78, 5) is 68.1. The number of hydrogen-bond acceptors (Lipinski definition) is 7. The quantitative estimate of drug-likeness (QED) is 0.288. The van der Waals surface area contributed by atoms with Gasteiger partial charge in [0.2, 0.25) is 0 Å². The molecule has 8 heteroatoms. The smallest absolute Gasteiger partial charge is 0.411 e. The van der Waals surface area contributed by atoms with Gasteiger partial charge in [0.05, 0.1) is 0 Å². The van der Waals surface area contributed by atoms with E-state index in [2.05, 4.69) is 20.8 Å². The summed E-state index contributed by atoms with van der Waals surface area (Å²) in [7, 11) is 0. The maximum absolute atomic E-state index is 14.1. The number of amides is 1. The Labute approximate surface area is 275 Å². The lowest BCUT2D eigenvalue weighted by Gasteiger charge is -2.56. The van der Waals surface area contributed by atoms with E-state index >= 15 is 0 Å². The van der Waals surface area contributed by atoms with Gasteiger partial charge in [-0.3, -0.25) is 24.1 Å². The van der Waals surface area contributed by atoms with Crippen molar-refractivity contribution in [2.24, 2.45) is 40.4 Å². The number of allylic oxidation sites excluding steroid dienone is 2. The molecule has 0 N–H and O–H groups in total. The Bertz CT molecular complexity index is 1320. The number of ether oxygens (including phenoxy) is 2. The van der Waals surface area contributed by atoms with Crippen LogP contribution in [0.25, 0.3) is 0 Å². The van der Waals surface area contributed by atoms with Crippen LogP contribution in [0, 0.1) is 40.4 Å². The molecule has 5 aliphatic rings. The molecule has 1 saturated heterocycles. The van der Waals surface area contributed by atoms with Crippen molar-refractivity contribution in [1.82, 2.24) is 4.90 Å². The number of rotatable bonds is 5. The zero-order valence-electron chi connectivity index (χ0n) is 29.9. The Hall–Kier alpha value is -2.51. The van der Waals surface area contributed by atoms with Crippen molar-refractivity contribution < 1.29 is 33.4 Å². The number of hydrogen-bond donors (Lipinski definition) is 0. The summed E-state index contributed by atoms with van der Waals surface area (Å²) in [6, 6.07) is 0. The molecule has 8 nitrogen and oxygen atoms in total. The van der Waals surface area contributed by atoms with Crippen molar-refractivity contribution in [2.75, 3.05) is 0 Å². The molecule has 0 aromatic heterocycles. The molecule has 0 spiro atoms. The molecular formula is C38H57NO7. The Morgan fingerprint density at radius 3 is 2.22 bits per heavy atom. The number of likely N-dealkylation sites (tertiary alicyclic amines) is 1. The van der Waals surface area contributed by atoms with E-state index in [0.717, 1.165) is 24.8 Å². The molecule has 7 atom stereocenters. The van der Waals surface area contributed by atoms with Crippen LogP contribution < -0.4 is 0 Å². The zero-order valence-corrected chi connectivity index (χ0v) is 29.9. The molecule has 4 fully saturated rings. The van der Waals surface area contributed by atoms with Crippen molar-refractivity contribution in [1.29, 1.82) is 0 Å². The van der Waals surface area contributed by atoms with E-state index in [0.29, 0.717) is 38.5 Å². The lowest BCUT2D eigenvalue weighted by Crippen LogP contribution is -2.65. The topological polar surface area (TPSA) is 107 Å². The van der Waals surface area contributed by atoms with Gasteiger partial charge >= 0.3 is 12.1 Å². The van der Waals surface area contributed by atoms with Gasteiger partial charge in [-0.15, -0.1) is 0 Å². The maximum atomic E-state index is 14.1. The third-order valence-electron chi connectivity index (χ3n) is 12.7. The van der Waals surface area contributed by atoms with E-state index in [1.165, 1.54) is 0 Å². The van der Waals surface area contributed by atoms with Gasteiger partial charge in [-0.25, -0.2) is 4.79 Å². The normalized spacial score (nSPS) is 36.3. The Morgan fingerprint density at radius 2 is 1.61 bits per heavy atom. The van der Waals surface area contributed by atoms with Crippen LogP contribution in [0.2, 0.25) is 0 Å². The highest BCUT2D eigenvalue weighted by Crippen LogP contribution is 2.65. The molecule has 1 amide bonds. The van der Waals surface area contributed by atoms with Gasteiger partial charge in [0.25, 0.3) is 0 Å². The van der Waals surface area contributed by atoms with E-state index < -0.39 is 22.1 Å². The molecule has 0 radical (unpaired) electrons. The van der Waals surface area contributed by atoms with Crippen molar-refractivity contribution >= 4 is 29.4 Å². The van der Waals surface area contributed by atoms with Crippen LogP contribution in [0.4, 0.5) is 4.79 Å². The summed E-state index contributed by atoms with van der Waals surface area (Å²) in [5.74, 6) is 0.323. The second-order valence-corrected chi connectivity index (χ2v) is 18.0. The van der Waals surface area contributed by atoms with E-state index in [1.807, 2.05) is 48.5 Å². The highest BCUT2D eigenvalue weighted by molar-refractivity contribution is 5.99. The number of fused-ring (bicyclic) bond motifs is 5. The average Bonchev–Trinajstić information content (AvgIpc) is 3.24. The standard InChI is InChI=1S/C38H57NO7/c1-22(11-14-31(43)45-25-20-35(5,6)39(36(7,8)21-25)33(44)46-34(2,3)4)26-12-13-27-32-28(19-30(42)38(26,27)10)37(9)16-15-24(40)17-23(37)18-29(32)41/h18,22,25-28,32H,11-17,19-21H2,1-10H3/t22-,26?,27+,28+,32+,37+,38-/m1/s1. The van der Waals surface area contributed by atoms with E-state index in [1.54, 1.807) is 11.0 Å². The lowest BCUT2D eigenvalue weighted by atomic mass is 9.46. The molecule has 3 saturated carbocycles. The second kappa shape index (κ2) is 11.6. The van der Waals surface area contributed by atoms with Crippen LogP contribution in [0.1, 0.15) is 133 Å². The van der Waals surface area contributed by atoms with Gasteiger partial charge in [-0.1, -0.05) is 26.3 Å². The molecule has 4 aliphatic carbocycles. The van der Waals surface area contributed by atoms with Gasteiger partial charge in [0.15, 0.2) is 5.78 Å². The molecule has 256 valence electrons. The minimum absolute atomic E-state index is 0.00229. The fourth-order valence-corrected chi connectivity index (χ4v) is 10.8. The third kappa shape index (κ3) is 6.00. The van der Waals surface area contributed by atoms with Crippen molar-refractivity contribution in [3.63, 3.8) is 0 Å². The number of piperidine rings is 1. The van der Waals surface area contributed by atoms with Crippen LogP contribution in [-0.4, -0.2) is 57.1 Å². The summed E-state index contributed by atoms with van der Waals surface area (Å²) in [5.41, 5.74) is -1.64. The summed E-state index contributed by atoms with van der Waals surface area (Å²) < 4.78 is 11.8. The average molecular weight is 640 g/mol. The Morgan fingerprint density at radius 1 is 0.978 bits per heavy atom. The van der Waals surface area contributed by atoms with Gasteiger partial charge in [-0.2, -0.15) is 0 Å². The highest BCUT2D eigenvalue weighted by atomic mass is 16.6. The first-order valence-electron chi connectivity index (χ1n) is 17.6. The van der Waals surface area contributed by atoms with Crippen molar-refractivity contribution in [3.8, 4) is 0 Å². The molecule has 1 unspecified atom stereocenters. The largest absolute Gasteiger partial charge is 0.462 e. The van der Waals surface area contributed by atoms with Crippen molar-refractivity contribution in [3.05, 3.63) is 11.6 Å². The molecule has 1 aliphatic heterocycles. The van der Waals surface area contributed by atoms with Gasteiger partial charge < -0.3 is 9.47 Å². The first-order valence-corrected chi connectivity index (χ1v) is 17.6.